The summed E-state index contributed by atoms with van der Waals surface area (Å²) in [5, 5.41) is 10.5. The molecule has 0 aromatic heterocycles. The van der Waals surface area contributed by atoms with Gasteiger partial charge in [-0.25, -0.2) is 17.5 Å². The lowest BCUT2D eigenvalue weighted by Gasteiger charge is -2.06. The highest BCUT2D eigenvalue weighted by Crippen LogP contribution is 2.16. The topological polar surface area (TPSA) is 89.3 Å². The summed E-state index contributed by atoms with van der Waals surface area (Å²) >= 11 is 0. The molecule has 21 heavy (non-hydrogen) atoms. The minimum absolute atomic E-state index is 0.000396. The van der Waals surface area contributed by atoms with Crippen molar-refractivity contribution >= 4 is 15.7 Å². The van der Waals surface area contributed by atoms with Crippen LogP contribution in [0.2, 0.25) is 0 Å². The number of nitro benzene ring substituents is 1. The number of nitrogens with one attached hydrogen (secondary N) is 1. The second kappa shape index (κ2) is 5.98. The molecule has 0 unspecified atom stereocenters. The highest BCUT2D eigenvalue weighted by atomic mass is 32.2. The van der Waals surface area contributed by atoms with Crippen LogP contribution >= 0.6 is 0 Å². The van der Waals surface area contributed by atoms with Crippen molar-refractivity contribution in [3.05, 3.63) is 70.0 Å². The largest absolute Gasteiger partial charge is 0.269 e. The van der Waals surface area contributed by atoms with Crippen molar-refractivity contribution in [1.82, 2.24) is 4.72 Å². The molecule has 0 saturated carbocycles. The Kier molecular flexibility index (Phi) is 4.29. The quantitative estimate of drug-likeness (QED) is 0.677. The molecule has 0 heterocycles. The minimum atomic E-state index is -3.78. The minimum Gasteiger partial charge on any atom is -0.258 e. The van der Waals surface area contributed by atoms with Crippen molar-refractivity contribution in [2.45, 2.75) is 11.4 Å². The molecule has 0 aliphatic heterocycles. The van der Waals surface area contributed by atoms with Gasteiger partial charge >= 0.3 is 0 Å². The summed E-state index contributed by atoms with van der Waals surface area (Å²) in [5.41, 5.74) is 0.411. The van der Waals surface area contributed by atoms with E-state index < -0.39 is 20.8 Å². The van der Waals surface area contributed by atoms with Crippen LogP contribution in [0.25, 0.3) is 0 Å². The molecule has 1 N–H and O–H groups in total. The molecule has 0 bridgehead atoms. The molecule has 0 spiro atoms. The van der Waals surface area contributed by atoms with Gasteiger partial charge in [0, 0.05) is 18.7 Å². The molecule has 0 aliphatic carbocycles. The summed E-state index contributed by atoms with van der Waals surface area (Å²) < 4.78 is 39.1. The fourth-order valence-corrected chi connectivity index (χ4v) is 2.63. The predicted molar refractivity (Wildman–Crippen MR) is 73.5 cm³/mol. The van der Waals surface area contributed by atoms with Crippen molar-refractivity contribution in [3.63, 3.8) is 0 Å². The normalized spacial score (nSPS) is 11.3. The molecule has 0 amide bonds. The fourth-order valence-electron chi connectivity index (χ4n) is 1.61. The molecule has 2 aromatic carbocycles. The van der Waals surface area contributed by atoms with Crippen LogP contribution in [0.4, 0.5) is 10.1 Å². The molecule has 0 aliphatic rings. The SMILES string of the molecule is O=[N+]([O-])c1ccc(S(=O)(=O)NCc2ccc(F)cc2)cc1. The molecule has 0 atom stereocenters. The van der Waals surface area contributed by atoms with Gasteiger partial charge in [0.05, 0.1) is 9.82 Å². The number of hydrogen-bond acceptors (Lipinski definition) is 4. The van der Waals surface area contributed by atoms with E-state index in [4.69, 9.17) is 0 Å². The summed E-state index contributed by atoms with van der Waals surface area (Å²) in [7, 11) is -3.78. The average molecular weight is 310 g/mol. The number of sulfonamides is 1. The Morgan fingerprint density at radius 3 is 2.14 bits per heavy atom. The molecular weight excluding hydrogens is 299 g/mol. The van der Waals surface area contributed by atoms with Crippen LogP contribution in [0, 0.1) is 15.9 Å². The molecule has 0 saturated heterocycles. The van der Waals surface area contributed by atoms with Crippen LogP contribution in [-0.4, -0.2) is 13.3 Å². The fraction of sp³-hybridized carbons (Fsp3) is 0.0769. The first kappa shape index (κ1) is 15.1. The lowest BCUT2D eigenvalue weighted by atomic mass is 10.2. The zero-order valence-electron chi connectivity index (χ0n) is 10.7. The predicted octanol–water partition coefficient (Wildman–Crippen LogP) is 2.21. The summed E-state index contributed by atoms with van der Waals surface area (Å²) in [5.74, 6) is -0.406. The van der Waals surface area contributed by atoms with E-state index in [-0.39, 0.29) is 17.1 Å². The van der Waals surface area contributed by atoms with Gasteiger partial charge < -0.3 is 0 Å². The summed E-state index contributed by atoms with van der Waals surface area (Å²) in [6, 6.07) is 9.95. The van der Waals surface area contributed by atoms with E-state index in [1.54, 1.807) is 0 Å². The molecule has 0 fully saturated rings. The van der Waals surface area contributed by atoms with Gasteiger partial charge in [0.15, 0.2) is 0 Å². The number of rotatable bonds is 5. The molecule has 6 nitrogen and oxygen atoms in total. The number of non-ortho nitro benzene ring substituents is 1. The van der Waals surface area contributed by atoms with Gasteiger partial charge in [-0.05, 0) is 29.8 Å². The Balaban J connectivity index is 2.11. The Labute approximate surface area is 120 Å². The summed E-state index contributed by atoms with van der Waals surface area (Å²) in [6.07, 6.45) is 0. The third-order valence-electron chi connectivity index (χ3n) is 2.74. The van der Waals surface area contributed by atoms with Gasteiger partial charge in [0.25, 0.3) is 5.69 Å². The molecular formula is C13H11FN2O4S. The van der Waals surface area contributed by atoms with Crippen molar-refractivity contribution in [2.24, 2.45) is 0 Å². The van der Waals surface area contributed by atoms with E-state index in [9.17, 15) is 22.9 Å². The number of nitro groups is 1. The van der Waals surface area contributed by atoms with E-state index in [0.29, 0.717) is 5.56 Å². The smallest absolute Gasteiger partial charge is 0.258 e. The van der Waals surface area contributed by atoms with Crippen LogP contribution in [0.5, 0.6) is 0 Å². The standard InChI is InChI=1S/C13H11FN2O4S/c14-11-3-1-10(2-4-11)9-15-21(19,20)13-7-5-12(6-8-13)16(17)18/h1-8,15H,9H2. The van der Waals surface area contributed by atoms with Crippen molar-refractivity contribution in [3.8, 4) is 0 Å². The van der Waals surface area contributed by atoms with Gasteiger partial charge in [-0.1, -0.05) is 12.1 Å². The van der Waals surface area contributed by atoms with E-state index in [0.717, 1.165) is 24.3 Å². The summed E-state index contributed by atoms with van der Waals surface area (Å²) in [6.45, 7) is -0.000396. The van der Waals surface area contributed by atoms with Gasteiger partial charge in [0.1, 0.15) is 5.82 Å². The molecule has 2 aromatic rings. The zero-order chi connectivity index (χ0) is 15.5. The summed E-state index contributed by atoms with van der Waals surface area (Å²) in [4.78, 5) is 9.83. The van der Waals surface area contributed by atoms with Crippen LogP contribution < -0.4 is 4.72 Å². The monoisotopic (exact) mass is 310 g/mol. The first-order valence-electron chi connectivity index (χ1n) is 5.87. The molecule has 110 valence electrons. The van der Waals surface area contributed by atoms with E-state index in [1.165, 1.54) is 24.3 Å². The molecule has 0 radical (unpaired) electrons. The van der Waals surface area contributed by atoms with Gasteiger partial charge in [0.2, 0.25) is 10.0 Å². The lowest BCUT2D eigenvalue weighted by Crippen LogP contribution is -2.23. The maximum Gasteiger partial charge on any atom is 0.269 e. The number of benzene rings is 2. The first-order chi connectivity index (χ1) is 9.88. The molecule has 2 rings (SSSR count). The van der Waals surface area contributed by atoms with Gasteiger partial charge in [-0.3, -0.25) is 10.1 Å². The van der Waals surface area contributed by atoms with Crippen LogP contribution in [0.15, 0.2) is 53.4 Å². The van der Waals surface area contributed by atoms with Crippen molar-refractivity contribution in [1.29, 1.82) is 0 Å². The molecule has 8 heteroatoms. The Hall–Kier alpha value is -2.32. The number of hydrogen-bond donors (Lipinski definition) is 1. The Morgan fingerprint density at radius 1 is 1.05 bits per heavy atom. The van der Waals surface area contributed by atoms with Crippen molar-refractivity contribution in [2.75, 3.05) is 0 Å². The van der Waals surface area contributed by atoms with Crippen LogP contribution in [-0.2, 0) is 16.6 Å². The van der Waals surface area contributed by atoms with Crippen LogP contribution in [0.3, 0.4) is 0 Å². The third-order valence-corrected chi connectivity index (χ3v) is 4.15. The Bertz CT molecular complexity index is 743. The van der Waals surface area contributed by atoms with Gasteiger partial charge in [-0.15, -0.1) is 0 Å². The second-order valence-corrected chi connectivity index (χ2v) is 5.97. The highest BCUT2D eigenvalue weighted by Gasteiger charge is 2.15. The average Bonchev–Trinajstić information content (AvgIpc) is 2.47. The van der Waals surface area contributed by atoms with Crippen LogP contribution in [0.1, 0.15) is 5.56 Å². The second-order valence-electron chi connectivity index (χ2n) is 4.20. The maximum absolute atomic E-state index is 12.7. The van der Waals surface area contributed by atoms with E-state index in [1.807, 2.05) is 0 Å². The highest BCUT2D eigenvalue weighted by molar-refractivity contribution is 7.89. The number of nitrogens with zero attached hydrogens (tertiary/aromatic N) is 1. The van der Waals surface area contributed by atoms with Gasteiger partial charge in [-0.2, -0.15) is 0 Å². The first-order valence-corrected chi connectivity index (χ1v) is 7.35. The van der Waals surface area contributed by atoms with Crippen molar-refractivity contribution < 1.29 is 17.7 Å². The third kappa shape index (κ3) is 3.83. The Morgan fingerprint density at radius 2 is 1.62 bits per heavy atom. The van der Waals surface area contributed by atoms with E-state index >= 15 is 0 Å². The maximum atomic E-state index is 12.7. The number of halogens is 1. The van der Waals surface area contributed by atoms with E-state index in [2.05, 4.69) is 4.72 Å². The zero-order valence-corrected chi connectivity index (χ0v) is 11.5. The lowest BCUT2D eigenvalue weighted by molar-refractivity contribution is -0.384.